The standard InChI is InChI=1S/C30H28FNO4S/c1-2-26(19-12-20-31)37-22-30(25-17-10-5-11-18-25)28(33)36-27(24-15-8-4-9-16-24)32(30)29(34)35-21-23-13-6-3-7-14-23/h2-19,27H,20-22H2,1H3. The van der Waals surface area contributed by atoms with Crippen LogP contribution in [0.15, 0.2) is 114 Å². The van der Waals surface area contributed by atoms with Crippen molar-refractivity contribution in [2.75, 3.05) is 12.4 Å². The predicted molar refractivity (Wildman–Crippen MR) is 143 cm³/mol. The van der Waals surface area contributed by atoms with Gasteiger partial charge in [0.2, 0.25) is 6.23 Å². The van der Waals surface area contributed by atoms with Crippen LogP contribution in [0, 0.1) is 0 Å². The molecule has 0 radical (unpaired) electrons. The molecule has 1 fully saturated rings. The summed E-state index contributed by atoms with van der Waals surface area (Å²) in [5.41, 5.74) is 0.607. The zero-order valence-corrected chi connectivity index (χ0v) is 21.3. The fourth-order valence-electron chi connectivity index (χ4n) is 4.18. The molecule has 0 spiro atoms. The van der Waals surface area contributed by atoms with Gasteiger partial charge in [-0.05, 0) is 18.1 Å². The van der Waals surface area contributed by atoms with E-state index in [-0.39, 0.29) is 12.4 Å². The second kappa shape index (κ2) is 12.4. The van der Waals surface area contributed by atoms with Crippen LogP contribution in [0.25, 0.3) is 0 Å². The van der Waals surface area contributed by atoms with Crippen LogP contribution in [0.2, 0.25) is 0 Å². The fourth-order valence-corrected chi connectivity index (χ4v) is 5.34. The van der Waals surface area contributed by atoms with Gasteiger partial charge in [-0.3, -0.25) is 0 Å². The van der Waals surface area contributed by atoms with Crippen LogP contribution in [0.3, 0.4) is 0 Å². The molecule has 5 nitrogen and oxygen atoms in total. The number of carbonyl (C=O) groups excluding carboxylic acids is 2. The molecule has 7 heteroatoms. The second-order valence-electron chi connectivity index (χ2n) is 8.34. The number of nitrogens with zero attached hydrogens (tertiary/aromatic N) is 1. The first kappa shape index (κ1) is 26.2. The molecule has 1 saturated heterocycles. The van der Waals surface area contributed by atoms with Gasteiger partial charge in [0, 0.05) is 16.2 Å². The maximum absolute atomic E-state index is 13.8. The van der Waals surface area contributed by atoms with Gasteiger partial charge < -0.3 is 9.47 Å². The molecule has 0 saturated carbocycles. The zero-order chi connectivity index (χ0) is 26.1. The highest BCUT2D eigenvalue weighted by molar-refractivity contribution is 8.03. The normalized spacial score (nSPS) is 19.7. The summed E-state index contributed by atoms with van der Waals surface area (Å²) >= 11 is 1.35. The van der Waals surface area contributed by atoms with Gasteiger partial charge in [-0.15, -0.1) is 11.8 Å². The monoisotopic (exact) mass is 517 g/mol. The minimum atomic E-state index is -1.47. The Morgan fingerprint density at radius 2 is 1.65 bits per heavy atom. The number of rotatable bonds is 9. The third-order valence-corrected chi connectivity index (χ3v) is 7.31. The lowest BCUT2D eigenvalue weighted by atomic mass is 9.90. The average molecular weight is 518 g/mol. The van der Waals surface area contributed by atoms with Crippen LogP contribution in [0.5, 0.6) is 0 Å². The number of halogens is 1. The minimum absolute atomic E-state index is 0.0449. The Kier molecular flexibility index (Phi) is 8.80. The van der Waals surface area contributed by atoms with E-state index >= 15 is 0 Å². The molecule has 190 valence electrons. The van der Waals surface area contributed by atoms with Crippen molar-refractivity contribution >= 4 is 23.8 Å². The van der Waals surface area contributed by atoms with Crippen molar-refractivity contribution in [2.24, 2.45) is 0 Å². The lowest BCUT2D eigenvalue weighted by Crippen LogP contribution is -2.51. The summed E-state index contributed by atoms with van der Waals surface area (Å²) in [6.45, 7) is 1.28. The molecular weight excluding hydrogens is 489 g/mol. The second-order valence-corrected chi connectivity index (χ2v) is 9.39. The molecule has 0 aliphatic carbocycles. The number of hydrogen-bond acceptors (Lipinski definition) is 5. The number of benzene rings is 3. The van der Waals surface area contributed by atoms with Crippen LogP contribution in [0.4, 0.5) is 9.18 Å². The van der Waals surface area contributed by atoms with E-state index in [4.69, 9.17) is 9.47 Å². The van der Waals surface area contributed by atoms with Crippen molar-refractivity contribution < 1.29 is 23.5 Å². The molecule has 0 N–H and O–H groups in total. The highest BCUT2D eigenvalue weighted by Crippen LogP contribution is 2.47. The maximum atomic E-state index is 13.8. The quantitative estimate of drug-likeness (QED) is 0.227. The fraction of sp³-hybridized carbons (Fsp3) is 0.200. The van der Waals surface area contributed by atoms with Gasteiger partial charge in [-0.1, -0.05) is 109 Å². The highest BCUT2D eigenvalue weighted by atomic mass is 32.2. The van der Waals surface area contributed by atoms with E-state index in [1.54, 1.807) is 18.2 Å². The minimum Gasteiger partial charge on any atom is -0.444 e. The summed E-state index contributed by atoms with van der Waals surface area (Å²) in [6, 6.07) is 27.6. The van der Waals surface area contributed by atoms with Crippen LogP contribution in [-0.2, 0) is 26.4 Å². The first-order valence-electron chi connectivity index (χ1n) is 11.9. The van der Waals surface area contributed by atoms with Gasteiger partial charge >= 0.3 is 12.1 Å². The molecule has 4 rings (SSSR count). The van der Waals surface area contributed by atoms with E-state index < -0.39 is 30.5 Å². The number of thioether (sulfide) groups is 1. The molecule has 1 heterocycles. The van der Waals surface area contributed by atoms with E-state index in [2.05, 4.69) is 0 Å². The zero-order valence-electron chi connectivity index (χ0n) is 20.5. The number of alkyl halides is 1. The molecule has 2 atom stereocenters. The van der Waals surface area contributed by atoms with Crippen molar-refractivity contribution in [2.45, 2.75) is 25.3 Å². The summed E-state index contributed by atoms with van der Waals surface area (Å²) in [4.78, 5) is 29.8. The molecule has 1 aliphatic heterocycles. The molecule has 3 aromatic rings. The topological polar surface area (TPSA) is 55.8 Å². The van der Waals surface area contributed by atoms with Gasteiger partial charge in [0.25, 0.3) is 0 Å². The molecule has 37 heavy (non-hydrogen) atoms. The summed E-state index contributed by atoms with van der Waals surface area (Å²) in [5.74, 6) is -0.405. The SMILES string of the molecule is CC=C(C=CCF)SCC1(c2ccccc2)C(=O)OC(c2ccccc2)N1C(=O)OCc1ccccc1. The molecule has 0 bridgehead atoms. The number of ether oxygens (including phenoxy) is 2. The maximum Gasteiger partial charge on any atom is 0.414 e. The van der Waals surface area contributed by atoms with Crippen molar-refractivity contribution in [1.82, 2.24) is 4.90 Å². The van der Waals surface area contributed by atoms with E-state index in [9.17, 15) is 14.0 Å². The number of cyclic esters (lactones) is 1. The van der Waals surface area contributed by atoms with Crippen LogP contribution in [0.1, 0.15) is 29.8 Å². The third kappa shape index (κ3) is 5.78. The van der Waals surface area contributed by atoms with E-state index in [0.29, 0.717) is 11.1 Å². The van der Waals surface area contributed by atoms with Crippen molar-refractivity contribution in [1.29, 1.82) is 0 Å². The molecule has 1 amide bonds. The Morgan fingerprint density at radius 3 is 2.27 bits per heavy atom. The number of amides is 1. The Labute approximate surface area is 220 Å². The van der Waals surface area contributed by atoms with Gasteiger partial charge in [0.15, 0.2) is 5.54 Å². The van der Waals surface area contributed by atoms with E-state index in [1.807, 2.05) is 91.9 Å². The van der Waals surface area contributed by atoms with Crippen LogP contribution in [-0.4, -0.2) is 29.4 Å². The van der Waals surface area contributed by atoms with Gasteiger partial charge in [-0.2, -0.15) is 0 Å². The summed E-state index contributed by atoms with van der Waals surface area (Å²) in [5, 5.41) is 0. The molecule has 2 unspecified atom stereocenters. The highest BCUT2D eigenvalue weighted by Gasteiger charge is 2.60. The van der Waals surface area contributed by atoms with Gasteiger partial charge in [0.05, 0.1) is 0 Å². The van der Waals surface area contributed by atoms with E-state index in [1.165, 1.54) is 22.7 Å². The molecular formula is C30H28FNO4S. The largest absolute Gasteiger partial charge is 0.444 e. The smallest absolute Gasteiger partial charge is 0.414 e. The van der Waals surface area contributed by atoms with Gasteiger partial charge in [0.1, 0.15) is 13.3 Å². The van der Waals surface area contributed by atoms with Crippen LogP contribution >= 0.6 is 11.8 Å². The summed E-state index contributed by atoms with van der Waals surface area (Å²) in [7, 11) is 0. The summed E-state index contributed by atoms with van der Waals surface area (Å²) in [6.07, 6.45) is 3.25. The molecule has 3 aromatic carbocycles. The third-order valence-electron chi connectivity index (χ3n) is 6.04. The summed E-state index contributed by atoms with van der Waals surface area (Å²) < 4.78 is 24.5. The first-order chi connectivity index (χ1) is 18.1. The lowest BCUT2D eigenvalue weighted by molar-refractivity contribution is -0.145. The lowest BCUT2D eigenvalue weighted by Gasteiger charge is -2.36. The first-order valence-corrected chi connectivity index (χ1v) is 12.9. The average Bonchev–Trinajstić information content (AvgIpc) is 3.26. The Morgan fingerprint density at radius 1 is 1.03 bits per heavy atom. The number of hydrogen-bond donors (Lipinski definition) is 0. The van der Waals surface area contributed by atoms with Gasteiger partial charge in [-0.25, -0.2) is 18.9 Å². The Hall–Kier alpha value is -3.84. The van der Waals surface area contributed by atoms with Crippen molar-refractivity contribution in [3.63, 3.8) is 0 Å². The van der Waals surface area contributed by atoms with E-state index in [0.717, 1.165) is 10.5 Å². The predicted octanol–water partition coefficient (Wildman–Crippen LogP) is 6.94. The Balaban J connectivity index is 1.77. The number of esters is 1. The van der Waals surface area contributed by atoms with Crippen molar-refractivity contribution in [3.05, 3.63) is 131 Å². The molecule has 1 aliphatic rings. The Bertz CT molecular complexity index is 1250. The van der Waals surface area contributed by atoms with Crippen molar-refractivity contribution in [3.8, 4) is 0 Å². The number of carbonyl (C=O) groups is 2. The number of allylic oxidation sites excluding steroid dienone is 3. The van der Waals surface area contributed by atoms with Crippen LogP contribution < -0.4 is 0 Å². The molecule has 0 aromatic heterocycles.